The summed E-state index contributed by atoms with van der Waals surface area (Å²) in [6, 6.07) is -0.835. The fourth-order valence-corrected chi connectivity index (χ4v) is 1.75. The van der Waals surface area contributed by atoms with Crippen molar-refractivity contribution < 1.29 is 14.7 Å². The SMILES string of the molecule is CCC(C)C(NC(=O)C1(N)CCC1)C(=O)O. The molecule has 5 nitrogen and oxygen atoms in total. The molecule has 0 saturated heterocycles. The highest BCUT2D eigenvalue weighted by Crippen LogP contribution is 2.29. The summed E-state index contributed by atoms with van der Waals surface area (Å²) in [6.07, 6.45) is 2.93. The Hall–Kier alpha value is -1.10. The molecule has 1 saturated carbocycles. The van der Waals surface area contributed by atoms with Crippen molar-refractivity contribution in [3.63, 3.8) is 0 Å². The molecule has 16 heavy (non-hydrogen) atoms. The predicted octanol–water partition coefficient (Wildman–Crippen LogP) is 0.483. The van der Waals surface area contributed by atoms with Crippen molar-refractivity contribution in [2.45, 2.75) is 51.1 Å². The molecule has 0 radical (unpaired) electrons. The molecule has 1 aliphatic carbocycles. The number of rotatable bonds is 5. The molecule has 5 heteroatoms. The molecule has 1 fully saturated rings. The lowest BCUT2D eigenvalue weighted by Crippen LogP contribution is -2.61. The third-order valence-corrected chi connectivity index (χ3v) is 3.46. The first-order valence-electron chi connectivity index (χ1n) is 5.73. The zero-order valence-electron chi connectivity index (χ0n) is 9.82. The molecule has 92 valence electrons. The summed E-state index contributed by atoms with van der Waals surface area (Å²) in [5.74, 6) is -1.41. The lowest BCUT2D eigenvalue weighted by molar-refractivity contribution is -0.145. The van der Waals surface area contributed by atoms with Crippen LogP contribution in [0.15, 0.2) is 0 Å². The minimum Gasteiger partial charge on any atom is -0.480 e. The van der Waals surface area contributed by atoms with E-state index in [-0.39, 0.29) is 11.8 Å². The Morgan fingerprint density at radius 3 is 2.38 bits per heavy atom. The highest BCUT2D eigenvalue weighted by atomic mass is 16.4. The molecule has 0 aromatic heterocycles. The second-order valence-corrected chi connectivity index (χ2v) is 4.68. The van der Waals surface area contributed by atoms with Crippen LogP contribution in [0.2, 0.25) is 0 Å². The van der Waals surface area contributed by atoms with E-state index in [1.807, 2.05) is 13.8 Å². The average Bonchev–Trinajstić information content (AvgIpc) is 2.20. The minimum atomic E-state index is -0.995. The Bertz CT molecular complexity index is 287. The molecule has 4 N–H and O–H groups in total. The van der Waals surface area contributed by atoms with Gasteiger partial charge in [-0.25, -0.2) is 4.79 Å². The summed E-state index contributed by atoms with van der Waals surface area (Å²) < 4.78 is 0. The van der Waals surface area contributed by atoms with E-state index in [0.717, 1.165) is 6.42 Å². The largest absolute Gasteiger partial charge is 0.480 e. The Morgan fingerprint density at radius 1 is 1.50 bits per heavy atom. The standard InChI is InChI=1S/C11H20N2O3/c1-3-7(2)8(9(14)15)13-10(16)11(12)5-4-6-11/h7-8H,3-6,12H2,1-2H3,(H,13,16)(H,14,15). The van der Waals surface area contributed by atoms with Crippen LogP contribution < -0.4 is 11.1 Å². The number of hydrogen-bond donors (Lipinski definition) is 3. The van der Waals surface area contributed by atoms with Gasteiger partial charge in [0, 0.05) is 0 Å². The number of hydrogen-bond acceptors (Lipinski definition) is 3. The Labute approximate surface area is 95.4 Å². The van der Waals surface area contributed by atoms with Crippen LogP contribution in [0.4, 0.5) is 0 Å². The smallest absolute Gasteiger partial charge is 0.326 e. The van der Waals surface area contributed by atoms with Gasteiger partial charge in [0.05, 0.1) is 5.54 Å². The molecule has 0 aliphatic heterocycles. The van der Waals surface area contributed by atoms with Gasteiger partial charge in [0.15, 0.2) is 0 Å². The maximum absolute atomic E-state index is 11.8. The molecule has 2 unspecified atom stereocenters. The lowest BCUT2D eigenvalue weighted by Gasteiger charge is -2.37. The van der Waals surface area contributed by atoms with Crippen LogP contribution in [-0.4, -0.2) is 28.6 Å². The molecule has 2 atom stereocenters. The molecule has 1 rings (SSSR count). The normalized spacial score (nSPS) is 21.7. The van der Waals surface area contributed by atoms with Gasteiger partial charge in [-0.2, -0.15) is 0 Å². The van der Waals surface area contributed by atoms with Crippen LogP contribution in [0.3, 0.4) is 0 Å². The average molecular weight is 228 g/mol. The van der Waals surface area contributed by atoms with E-state index in [2.05, 4.69) is 5.32 Å². The molecule has 0 heterocycles. The van der Waals surface area contributed by atoms with Crippen LogP contribution in [-0.2, 0) is 9.59 Å². The van der Waals surface area contributed by atoms with E-state index in [1.165, 1.54) is 0 Å². The number of carbonyl (C=O) groups is 2. The van der Waals surface area contributed by atoms with Crippen molar-refractivity contribution in [1.29, 1.82) is 0 Å². The van der Waals surface area contributed by atoms with Crippen LogP contribution >= 0.6 is 0 Å². The van der Waals surface area contributed by atoms with E-state index in [4.69, 9.17) is 10.8 Å². The molecule has 0 aromatic rings. The number of aliphatic carboxylic acids is 1. The molecule has 0 spiro atoms. The third kappa shape index (κ3) is 2.52. The monoisotopic (exact) mass is 228 g/mol. The lowest BCUT2D eigenvalue weighted by atomic mass is 9.76. The molecule has 1 amide bonds. The Balaban J connectivity index is 2.61. The summed E-state index contributed by atoms with van der Waals surface area (Å²) in [6.45, 7) is 3.71. The first-order valence-corrected chi connectivity index (χ1v) is 5.73. The Kier molecular flexibility index (Phi) is 3.91. The van der Waals surface area contributed by atoms with Gasteiger partial charge in [0.2, 0.25) is 5.91 Å². The summed E-state index contributed by atoms with van der Waals surface area (Å²) in [7, 11) is 0. The van der Waals surface area contributed by atoms with Crippen molar-refractivity contribution in [1.82, 2.24) is 5.32 Å². The maximum atomic E-state index is 11.8. The van der Waals surface area contributed by atoms with Crippen molar-refractivity contribution in [3.05, 3.63) is 0 Å². The quantitative estimate of drug-likeness (QED) is 0.638. The number of carbonyl (C=O) groups excluding carboxylic acids is 1. The highest BCUT2D eigenvalue weighted by molar-refractivity contribution is 5.90. The van der Waals surface area contributed by atoms with Gasteiger partial charge in [0.25, 0.3) is 0 Å². The molecular formula is C11H20N2O3. The fraction of sp³-hybridized carbons (Fsp3) is 0.818. The third-order valence-electron chi connectivity index (χ3n) is 3.46. The van der Waals surface area contributed by atoms with Gasteiger partial charge < -0.3 is 16.2 Å². The van der Waals surface area contributed by atoms with Crippen LogP contribution in [0.5, 0.6) is 0 Å². The second-order valence-electron chi connectivity index (χ2n) is 4.68. The van der Waals surface area contributed by atoms with E-state index in [1.54, 1.807) is 0 Å². The van der Waals surface area contributed by atoms with E-state index >= 15 is 0 Å². The van der Waals surface area contributed by atoms with Gasteiger partial charge in [-0.15, -0.1) is 0 Å². The molecule has 0 aromatic carbocycles. The summed E-state index contributed by atoms with van der Waals surface area (Å²) in [4.78, 5) is 22.8. The fourth-order valence-electron chi connectivity index (χ4n) is 1.75. The van der Waals surface area contributed by atoms with Crippen LogP contribution in [0.1, 0.15) is 39.5 Å². The van der Waals surface area contributed by atoms with Gasteiger partial charge >= 0.3 is 5.97 Å². The number of nitrogens with two attached hydrogens (primary N) is 1. The van der Waals surface area contributed by atoms with Gasteiger partial charge in [-0.1, -0.05) is 20.3 Å². The van der Waals surface area contributed by atoms with Gasteiger partial charge in [0.1, 0.15) is 6.04 Å². The maximum Gasteiger partial charge on any atom is 0.326 e. The van der Waals surface area contributed by atoms with Crippen molar-refractivity contribution in [2.24, 2.45) is 11.7 Å². The molecular weight excluding hydrogens is 208 g/mol. The predicted molar refractivity (Wildman–Crippen MR) is 59.8 cm³/mol. The summed E-state index contributed by atoms with van der Waals surface area (Å²) in [5.41, 5.74) is 5.00. The number of carboxylic acids is 1. The number of amides is 1. The molecule has 0 bridgehead atoms. The zero-order chi connectivity index (χ0) is 12.3. The number of nitrogens with one attached hydrogen (secondary N) is 1. The van der Waals surface area contributed by atoms with Gasteiger partial charge in [-0.3, -0.25) is 4.79 Å². The summed E-state index contributed by atoms with van der Waals surface area (Å²) in [5, 5.41) is 11.6. The first-order chi connectivity index (χ1) is 7.40. The topological polar surface area (TPSA) is 92.4 Å². The number of carboxylic acid groups (broad SMARTS) is 1. The first kappa shape index (κ1) is 13.0. The highest BCUT2D eigenvalue weighted by Gasteiger charge is 2.42. The van der Waals surface area contributed by atoms with Crippen molar-refractivity contribution >= 4 is 11.9 Å². The van der Waals surface area contributed by atoms with Crippen LogP contribution in [0.25, 0.3) is 0 Å². The minimum absolute atomic E-state index is 0.0925. The van der Waals surface area contributed by atoms with Crippen molar-refractivity contribution in [3.8, 4) is 0 Å². The Morgan fingerprint density at radius 2 is 2.06 bits per heavy atom. The van der Waals surface area contributed by atoms with Crippen LogP contribution in [0, 0.1) is 5.92 Å². The summed E-state index contributed by atoms with van der Waals surface area (Å²) >= 11 is 0. The van der Waals surface area contributed by atoms with E-state index in [0.29, 0.717) is 19.3 Å². The van der Waals surface area contributed by atoms with Gasteiger partial charge in [-0.05, 0) is 25.2 Å². The molecule has 1 aliphatic rings. The van der Waals surface area contributed by atoms with Crippen molar-refractivity contribution in [2.75, 3.05) is 0 Å². The van der Waals surface area contributed by atoms with E-state index < -0.39 is 17.6 Å². The van der Waals surface area contributed by atoms with E-state index in [9.17, 15) is 9.59 Å². The zero-order valence-corrected chi connectivity index (χ0v) is 9.82. The second kappa shape index (κ2) is 4.82.